The van der Waals surface area contributed by atoms with Gasteiger partial charge in [0.15, 0.2) is 0 Å². The summed E-state index contributed by atoms with van der Waals surface area (Å²) >= 11 is 0. The van der Waals surface area contributed by atoms with Crippen molar-refractivity contribution in [3.8, 4) is 0 Å². The van der Waals surface area contributed by atoms with Crippen molar-refractivity contribution < 1.29 is 44.9 Å². The number of nitrogens with one attached hydrogen (secondary N) is 2. The molecule has 44 heavy (non-hydrogen) atoms. The third kappa shape index (κ3) is 8.08. The minimum Gasteiger partial charge on any atom is -0.465 e. The molecule has 1 heterocycles. The molecule has 0 spiro atoms. The van der Waals surface area contributed by atoms with E-state index in [9.17, 15) is 26.4 Å². The van der Waals surface area contributed by atoms with Crippen LogP contribution in [-0.2, 0) is 34.4 Å². The van der Waals surface area contributed by atoms with Gasteiger partial charge in [0.25, 0.3) is 5.95 Å². The Hall–Kier alpha value is -4.57. The van der Waals surface area contributed by atoms with E-state index in [-0.39, 0.29) is 23.7 Å². The van der Waals surface area contributed by atoms with Crippen molar-refractivity contribution in [3.05, 3.63) is 77.1 Å². The number of hydrogen-bond donors (Lipinski definition) is 2. The Labute approximate surface area is 256 Å². The van der Waals surface area contributed by atoms with Gasteiger partial charge in [0.05, 0.1) is 25.3 Å². The molecule has 0 atom stereocenters. The van der Waals surface area contributed by atoms with E-state index in [0.717, 1.165) is 32.8 Å². The summed E-state index contributed by atoms with van der Waals surface area (Å²) < 4.78 is 68.1. The number of methoxy groups -OCH3 is 2. The molecule has 0 radical (unpaired) electrons. The van der Waals surface area contributed by atoms with Gasteiger partial charge in [-0.05, 0) is 50.6 Å². The Morgan fingerprint density at radius 3 is 1.89 bits per heavy atom. The molecule has 0 unspecified atom stereocenters. The van der Waals surface area contributed by atoms with E-state index in [1.54, 1.807) is 19.9 Å². The van der Waals surface area contributed by atoms with Crippen molar-refractivity contribution >= 4 is 43.9 Å². The number of anilines is 1. The molecule has 0 amide bonds. The van der Waals surface area contributed by atoms with E-state index in [0.29, 0.717) is 28.4 Å². The number of ether oxygens (including phenoxy) is 2. The zero-order valence-electron chi connectivity index (χ0n) is 24.9. The molecule has 3 aromatic rings. The summed E-state index contributed by atoms with van der Waals surface area (Å²) in [6.07, 6.45) is 1.86. The van der Waals surface area contributed by atoms with Crippen molar-refractivity contribution in [1.29, 1.82) is 0 Å². The number of benzene rings is 2. The Bertz CT molecular complexity index is 1760. The molecule has 236 valence electrons. The van der Waals surface area contributed by atoms with Crippen LogP contribution in [0.1, 0.15) is 58.3 Å². The van der Waals surface area contributed by atoms with Gasteiger partial charge < -0.3 is 14.3 Å². The van der Waals surface area contributed by atoms with Gasteiger partial charge in [-0.25, -0.2) is 24.9 Å². The van der Waals surface area contributed by atoms with Crippen molar-refractivity contribution in [2.75, 3.05) is 26.1 Å². The predicted octanol–water partition coefficient (Wildman–Crippen LogP) is 2.94. The highest BCUT2D eigenvalue weighted by Gasteiger charge is 2.38. The standard InChI is InChI=1S/C28H33N5O9S2/c1-6-7-12-17-42-33(44(38,39)24-16-11-9-14-22(24)26(35)41-5)28(31-27-29-19(2)18-20(3)30-27)32-43(36,37)23-15-10-8-13-21(23)25(34)40-4/h8-11,13-16,18H,6-7,12,17H2,1-5H3,(H,29,30,31,32)/p+1. The molecule has 0 saturated carbocycles. The highest BCUT2D eigenvalue weighted by Crippen LogP contribution is 2.21. The molecule has 1 aromatic heterocycles. The van der Waals surface area contributed by atoms with Crippen LogP contribution in [0.4, 0.5) is 5.95 Å². The first-order valence-electron chi connectivity index (χ1n) is 13.4. The molecule has 0 aliphatic rings. The van der Waals surface area contributed by atoms with E-state index in [2.05, 4.69) is 20.0 Å². The molecule has 16 heteroatoms. The van der Waals surface area contributed by atoms with E-state index >= 15 is 0 Å². The van der Waals surface area contributed by atoms with E-state index in [1.807, 2.05) is 6.92 Å². The second-order valence-corrected chi connectivity index (χ2v) is 12.7. The summed E-state index contributed by atoms with van der Waals surface area (Å²) in [5.74, 6) is -2.81. The largest absolute Gasteiger partial charge is 0.465 e. The van der Waals surface area contributed by atoms with Crippen LogP contribution in [0.25, 0.3) is 0 Å². The van der Waals surface area contributed by atoms with E-state index in [1.165, 1.54) is 36.4 Å². The Balaban J connectivity index is 2.34. The van der Waals surface area contributed by atoms with Gasteiger partial charge in [-0.15, -0.1) is 0 Å². The number of guanidine groups is 1. The number of hydrogen-bond acceptors (Lipinski definition) is 11. The molecule has 0 saturated heterocycles. The second kappa shape index (κ2) is 14.7. The van der Waals surface area contributed by atoms with Crippen molar-refractivity contribution in [2.24, 2.45) is 0 Å². The number of aryl methyl sites for hydroxylation is 2. The molecular formula is C28H34N5O9S2+. The van der Waals surface area contributed by atoms with Gasteiger partial charge in [-0.3, -0.25) is 0 Å². The first kappa shape index (κ1) is 33.9. The SMILES string of the molecule is CCCCCO[N+](=C(Nc1nc(C)cc(C)n1)NS(=O)(=O)c1ccccc1C(=O)OC)S(=O)(=O)c1ccccc1C(=O)OC. The first-order chi connectivity index (χ1) is 20.8. The van der Waals surface area contributed by atoms with Crippen molar-refractivity contribution in [3.63, 3.8) is 0 Å². The minimum atomic E-state index is -4.86. The summed E-state index contributed by atoms with van der Waals surface area (Å²) in [5, 5.41) is 2.62. The van der Waals surface area contributed by atoms with Gasteiger partial charge in [-0.1, -0.05) is 44.0 Å². The zero-order chi connectivity index (χ0) is 32.5. The second-order valence-electron chi connectivity index (χ2n) is 9.30. The van der Waals surface area contributed by atoms with Crippen LogP contribution in [0.3, 0.4) is 0 Å². The lowest BCUT2D eigenvalue weighted by Crippen LogP contribution is -2.46. The predicted molar refractivity (Wildman–Crippen MR) is 159 cm³/mol. The average molecular weight is 649 g/mol. The molecule has 2 aromatic carbocycles. The molecule has 0 fully saturated rings. The van der Waals surface area contributed by atoms with Crippen molar-refractivity contribution in [1.82, 2.24) is 14.7 Å². The fourth-order valence-electron chi connectivity index (χ4n) is 3.97. The summed E-state index contributed by atoms with van der Waals surface area (Å²) in [7, 11) is -7.40. The van der Waals surface area contributed by atoms with Gasteiger partial charge in [0.2, 0.25) is 0 Å². The Kier molecular flexibility index (Phi) is 11.4. The summed E-state index contributed by atoms with van der Waals surface area (Å²) in [6.45, 7) is 5.11. The Morgan fingerprint density at radius 1 is 0.818 bits per heavy atom. The fourth-order valence-corrected chi connectivity index (χ4v) is 6.63. The van der Waals surface area contributed by atoms with Crippen LogP contribution in [0.2, 0.25) is 0 Å². The normalized spacial score (nSPS) is 12.1. The van der Waals surface area contributed by atoms with Crippen LogP contribution >= 0.6 is 0 Å². The third-order valence-corrected chi connectivity index (χ3v) is 8.99. The highest BCUT2D eigenvalue weighted by atomic mass is 32.2. The number of unbranched alkanes of at least 4 members (excludes halogenated alkanes) is 2. The average Bonchev–Trinajstić information content (AvgIpc) is 2.99. The van der Waals surface area contributed by atoms with Gasteiger partial charge >= 0.3 is 37.9 Å². The minimum absolute atomic E-state index is 0.160. The van der Waals surface area contributed by atoms with Crippen LogP contribution in [0.5, 0.6) is 0 Å². The van der Waals surface area contributed by atoms with Crippen LogP contribution in [-0.4, -0.2) is 69.7 Å². The van der Waals surface area contributed by atoms with Crippen molar-refractivity contribution in [2.45, 2.75) is 49.8 Å². The maximum absolute atomic E-state index is 14.2. The summed E-state index contributed by atoms with van der Waals surface area (Å²) in [4.78, 5) is 38.1. The molecular weight excluding hydrogens is 614 g/mol. The topological polar surface area (TPSA) is 183 Å². The number of sulfonamides is 2. The molecule has 0 aliphatic heterocycles. The van der Waals surface area contributed by atoms with Gasteiger partial charge in [-0.2, -0.15) is 21.6 Å². The van der Waals surface area contributed by atoms with E-state index in [4.69, 9.17) is 14.3 Å². The first-order valence-corrected chi connectivity index (χ1v) is 16.3. The highest BCUT2D eigenvalue weighted by molar-refractivity contribution is 7.90. The van der Waals surface area contributed by atoms with Gasteiger partial charge in [0.1, 0.15) is 16.4 Å². The number of rotatable bonds is 12. The lowest BCUT2D eigenvalue weighted by molar-refractivity contribution is -0.677. The lowest BCUT2D eigenvalue weighted by Gasteiger charge is -2.16. The maximum Gasteiger partial charge on any atom is 0.421 e. The van der Waals surface area contributed by atoms with Crippen LogP contribution in [0.15, 0.2) is 64.4 Å². The summed E-state index contributed by atoms with van der Waals surface area (Å²) in [6, 6.07) is 12.1. The van der Waals surface area contributed by atoms with Gasteiger partial charge in [0, 0.05) is 15.5 Å². The third-order valence-electron chi connectivity index (χ3n) is 5.95. The molecule has 14 nitrogen and oxygen atoms in total. The number of esters is 2. The quantitative estimate of drug-likeness (QED) is 0.0732. The lowest BCUT2D eigenvalue weighted by atomic mass is 10.2. The molecule has 2 N–H and O–H groups in total. The Morgan fingerprint density at radius 2 is 1.34 bits per heavy atom. The smallest absolute Gasteiger partial charge is 0.421 e. The molecule has 3 rings (SSSR count). The maximum atomic E-state index is 14.2. The van der Waals surface area contributed by atoms with Crippen LogP contribution < -0.4 is 10.0 Å². The number of nitrogens with zero attached hydrogens (tertiary/aromatic N) is 3. The monoisotopic (exact) mass is 648 g/mol. The van der Waals surface area contributed by atoms with E-state index < -0.39 is 47.7 Å². The molecule has 0 bridgehead atoms. The molecule has 0 aliphatic carbocycles. The number of carbonyl (C=O) groups is 2. The van der Waals surface area contributed by atoms with Crippen LogP contribution in [0, 0.1) is 13.8 Å². The number of aromatic nitrogens is 2. The summed E-state index contributed by atoms with van der Waals surface area (Å²) in [5.41, 5.74) is 0.358. The fraction of sp³-hybridized carbons (Fsp3) is 0.321. The number of carbonyl (C=O) groups excluding carboxylic acids is 2. The zero-order valence-corrected chi connectivity index (χ0v) is 26.5.